The second kappa shape index (κ2) is 10.5. The Hall–Kier alpha value is -4.03. The van der Waals surface area contributed by atoms with Gasteiger partial charge in [-0.05, 0) is 18.1 Å². The second-order valence-electron chi connectivity index (χ2n) is 8.97. The Morgan fingerprint density at radius 1 is 1.08 bits per heavy atom. The number of aromatic nitrogens is 4. The minimum atomic E-state index is -4.54. The van der Waals surface area contributed by atoms with Crippen molar-refractivity contribution in [2.75, 3.05) is 13.1 Å². The summed E-state index contributed by atoms with van der Waals surface area (Å²) in [6.45, 7) is 4.19. The molecule has 0 saturated carbocycles. The fourth-order valence-electron chi connectivity index (χ4n) is 3.93. The topological polar surface area (TPSA) is 130 Å². The third kappa shape index (κ3) is 6.04. The Bertz CT molecular complexity index is 1280. The highest BCUT2D eigenvalue weighted by molar-refractivity contribution is 5.99. The minimum absolute atomic E-state index is 0.165. The van der Waals surface area contributed by atoms with Crippen LogP contribution in [-0.4, -0.2) is 67.0 Å². The number of carbonyl (C=O) groups is 2. The molecule has 0 unspecified atom stereocenters. The van der Waals surface area contributed by atoms with Gasteiger partial charge in [-0.15, -0.1) is 0 Å². The molecule has 3 heterocycles. The number of carbonyl (C=O) groups excluding carboxylic acids is 2. The maximum atomic E-state index is 13.2. The summed E-state index contributed by atoms with van der Waals surface area (Å²) in [6, 6.07) is 5.73. The predicted molar refractivity (Wildman–Crippen MR) is 125 cm³/mol. The maximum Gasteiger partial charge on any atom is 0.419 e. The number of hydrogen-bond acceptors (Lipinski definition) is 8. The van der Waals surface area contributed by atoms with E-state index in [0.29, 0.717) is 49.4 Å². The first-order valence-electron chi connectivity index (χ1n) is 11.6. The van der Waals surface area contributed by atoms with E-state index < -0.39 is 29.6 Å². The summed E-state index contributed by atoms with van der Waals surface area (Å²) >= 11 is 0. The van der Waals surface area contributed by atoms with E-state index >= 15 is 0 Å². The maximum absolute atomic E-state index is 13.2. The summed E-state index contributed by atoms with van der Waals surface area (Å²) in [6.07, 6.45) is -2.77. The normalized spacial score (nSPS) is 15.6. The average molecular weight is 518 g/mol. The van der Waals surface area contributed by atoms with Gasteiger partial charge in [-0.25, -0.2) is 19.9 Å². The Morgan fingerprint density at radius 3 is 2.24 bits per heavy atom. The van der Waals surface area contributed by atoms with Gasteiger partial charge in [0.05, 0.1) is 16.6 Å². The Balaban J connectivity index is 1.37. The lowest BCUT2D eigenvalue weighted by molar-refractivity contribution is -0.138. The van der Waals surface area contributed by atoms with E-state index in [9.17, 15) is 27.9 Å². The van der Waals surface area contributed by atoms with Gasteiger partial charge in [0.1, 0.15) is 12.1 Å². The third-order valence-corrected chi connectivity index (χ3v) is 5.97. The first-order valence-corrected chi connectivity index (χ1v) is 11.6. The molecule has 4 rings (SSSR count). The number of fused-ring (bicyclic) bond motifs is 1. The molecule has 0 radical (unpaired) electrons. The van der Waals surface area contributed by atoms with Crippen LogP contribution in [0.5, 0.6) is 11.9 Å². The van der Waals surface area contributed by atoms with Gasteiger partial charge < -0.3 is 20.1 Å². The molecule has 1 aromatic carbocycles. The quantitative estimate of drug-likeness (QED) is 0.510. The van der Waals surface area contributed by atoms with Crippen LogP contribution in [0.25, 0.3) is 11.0 Å². The highest BCUT2D eigenvalue weighted by Gasteiger charge is 2.34. The molecule has 196 valence electrons. The summed E-state index contributed by atoms with van der Waals surface area (Å²) in [5.41, 5.74) is -0.386. The van der Waals surface area contributed by atoms with Crippen LogP contribution in [0.15, 0.2) is 36.7 Å². The molecule has 2 aromatic heterocycles. The number of para-hydroxylation sites is 2. The molecular formula is C24H25F3N6O4. The number of ether oxygens (including phenoxy) is 1. The number of benzene rings is 1. The highest BCUT2D eigenvalue weighted by atomic mass is 19.4. The van der Waals surface area contributed by atoms with Gasteiger partial charge >= 0.3 is 12.2 Å². The number of amides is 2. The molecule has 2 N–H and O–H groups in total. The van der Waals surface area contributed by atoms with Crippen molar-refractivity contribution in [1.29, 1.82) is 0 Å². The summed E-state index contributed by atoms with van der Waals surface area (Å²) in [5, 5.41) is 12.9. The number of rotatable bonds is 6. The van der Waals surface area contributed by atoms with Crippen LogP contribution in [0.2, 0.25) is 0 Å². The van der Waals surface area contributed by atoms with Crippen LogP contribution < -0.4 is 10.1 Å². The van der Waals surface area contributed by atoms with E-state index in [4.69, 9.17) is 4.74 Å². The van der Waals surface area contributed by atoms with E-state index in [2.05, 4.69) is 25.3 Å². The smallest absolute Gasteiger partial charge is 0.419 e. The molecule has 37 heavy (non-hydrogen) atoms. The fourth-order valence-corrected chi connectivity index (χ4v) is 3.93. The predicted octanol–water partition coefficient (Wildman–Crippen LogP) is 2.97. The van der Waals surface area contributed by atoms with E-state index in [0.717, 1.165) is 0 Å². The van der Waals surface area contributed by atoms with Crippen molar-refractivity contribution in [3.05, 3.63) is 47.9 Å². The van der Waals surface area contributed by atoms with Crippen LogP contribution in [0.1, 0.15) is 42.7 Å². The largest absolute Gasteiger partial charge is 0.492 e. The molecule has 1 aliphatic rings. The zero-order valence-electron chi connectivity index (χ0n) is 20.1. The zero-order valence-corrected chi connectivity index (χ0v) is 20.1. The number of hydrogen-bond donors (Lipinski definition) is 2. The van der Waals surface area contributed by atoms with Crippen LogP contribution in [0, 0.1) is 5.92 Å². The van der Waals surface area contributed by atoms with Crippen molar-refractivity contribution in [2.24, 2.45) is 5.92 Å². The van der Waals surface area contributed by atoms with E-state index in [-0.39, 0.29) is 29.6 Å². The summed E-state index contributed by atoms with van der Waals surface area (Å²) in [5.74, 6) is -1.82. The van der Waals surface area contributed by atoms with Gasteiger partial charge in [-0.1, -0.05) is 26.0 Å². The highest BCUT2D eigenvalue weighted by Crippen LogP contribution is 2.28. The second-order valence-corrected chi connectivity index (χ2v) is 8.97. The van der Waals surface area contributed by atoms with E-state index in [1.807, 2.05) is 0 Å². The third-order valence-electron chi connectivity index (χ3n) is 5.97. The summed E-state index contributed by atoms with van der Waals surface area (Å²) < 4.78 is 43.6. The van der Waals surface area contributed by atoms with E-state index in [1.165, 1.54) is 0 Å². The number of nitrogens with one attached hydrogen (secondary N) is 1. The molecule has 0 aliphatic carbocycles. The van der Waals surface area contributed by atoms with Gasteiger partial charge in [0.2, 0.25) is 11.8 Å². The van der Waals surface area contributed by atoms with Crippen molar-refractivity contribution in [2.45, 2.75) is 45.0 Å². The molecular weight excluding hydrogens is 493 g/mol. The molecule has 1 aliphatic heterocycles. The van der Waals surface area contributed by atoms with Crippen molar-refractivity contribution < 1.29 is 32.6 Å². The van der Waals surface area contributed by atoms with E-state index in [1.54, 1.807) is 43.0 Å². The Labute approximate surface area is 209 Å². The average Bonchev–Trinajstić information content (AvgIpc) is 2.86. The number of likely N-dealkylation sites (tertiary alicyclic amines) is 1. The molecule has 0 spiro atoms. The lowest BCUT2D eigenvalue weighted by Crippen LogP contribution is -2.53. The van der Waals surface area contributed by atoms with Gasteiger partial charge in [-0.2, -0.15) is 13.2 Å². The molecule has 13 heteroatoms. The number of nitrogens with zero attached hydrogens (tertiary/aromatic N) is 5. The van der Waals surface area contributed by atoms with Crippen LogP contribution >= 0.6 is 0 Å². The molecule has 0 bridgehead atoms. The Kier molecular flexibility index (Phi) is 7.41. The molecule has 1 fully saturated rings. The van der Waals surface area contributed by atoms with Crippen molar-refractivity contribution >= 4 is 22.8 Å². The lowest BCUT2D eigenvalue weighted by Gasteiger charge is -2.35. The van der Waals surface area contributed by atoms with Crippen LogP contribution in [-0.2, 0) is 11.0 Å². The van der Waals surface area contributed by atoms with Crippen LogP contribution in [0.4, 0.5) is 13.2 Å². The number of alkyl halides is 3. The first-order chi connectivity index (χ1) is 17.5. The van der Waals surface area contributed by atoms with Gasteiger partial charge in [0, 0.05) is 38.3 Å². The van der Waals surface area contributed by atoms with Crippen molar-refractivity contribution in [3.63, 3.8) is 0 Å². The monoisotopic (exact) mass is 518 g/mol. The molecule has 1 saturated heterocycles. The van der Waals surface area contributed by atoms with Crippen LogP contribution in [0.3, 0.4) is 0 Å². The summed E-state index contributed by atoms with van der Waals surface area (Å²) in [7, 11) is 0. The number of aromatic hydroxyl groups is 1. The zero-order chi connectivity index (χ0) is 26.7. The minimum Gasteiger partial charge on any atom is -0.492 e. The van der Waals surface area contributed by atoms with Crippen molar-refractivity contribution in [3.8, 4) is 11.9 Å². The lowest BCUT2D eigenvalue weighted by atomic mass is 10.00. The molecule has 10 nitrogen and oxygen atoms in total. The summed E-state index contributed by atoms with van der Waals surface area (Å²) in [4.78, 5) is 43.2. The molecule has 2 amide bonds. The Morgan fingerprint density at radius 2 is 1.68 bits per heavy atom. The molecule has 3 aromatic rings. The number of halogens is 3. The standard InChI is InChI=1S/C24H25F3N6O4/c1-13(2)18(32-21(35)19-20(34)31-17-6-4-3-5-16(17)30-19)22(36)33-9-7-15(8-10-33)37-23-28-11-14(12-29-23)24(25,26)27/h3-6,11-13,15,18H,7-10H2,1-2H3,(H,31,34)(H,32,35)/t18-/m0/s1. The first kappa shape index (κ1) is 26.0. The van der Waals surface area contributed by atoms with Gasteiger partial charge in [0.15, 0.2) is 5.69 Å². The fraction of sp³-hybridized carbons (Fsp3) is 0.417. The van der Waals surface area contributed by atoms with Crippen molar-refractivity contribution in [1.82, 2.24) is 30.2 Å². The number of piperidine rings is 1. The molecule has 1 atom stereocenters. The van der Waals surface area contributed by atoms with Gasteiger partial charge in [-0.3, -0.25) is 9.59 Å². The SMILES string of the molecule is CC(C)[C@H](NC(=O)c1nc2ccccc2nc1O)C(=O)N1CCC(Oc2ncc(C(F)(F)F)cn2)CC1. The van der Waals surface area contributed by atoms with Gasteiger partial charge in [0.25, 0.3) is 5.91 Å².